The molecule has 0 spiro atoms. The molecule has 0 bridgehead atoms. The molecule has 0 aliphatic rings. The van der Waals surface area contributed by atoms with Gasteiger partial charge < -0.3 is 43.3 Å². The Bertz CT molecular complexity index is 2850. The first-order valence-electron chi connectivity index (χ1n) is 18.0. The number of rotatable bonds is 12. The molecule has 0 radical (unpaired) electrons. The highest BCUT2D eigenvalue weighted by Crippen LogP contribution is 2.38. The Morgan fingerprint density at radius 2 is 1.03 bits per heavy atom. The van der Waals surface area contributed by atoms with Gasteiger partial charge in [0, 0.05) is 55.8 Å². The maximum Gasteiger partial charge on any atom is 0.343 e. The average molecular weight is 949 g/mol. The number of aromatic nitrogens is 6. The van der Waals surface area contributed by atoms with Crippen molar-refractivity contribution >= 4 is 52.4 Å². The third-order valence-corrected chi connectivity index (χ3v) is 9.53. The van der Waals surface area contributed by atoms with E-state index in [1.807, 2.05) is 0 Å². The number of nitrogens with zero attached hydrogens (tertiary/aromatic N) is 6. The lowest BCUT2D eigenvalue weighted by atomic mass is 10.2. The lowest BCUT2D eigenvalue weighted by molar-refractivity contribution is -0.143. The van der Waals surface area contributed by atoms with Gasteiger partial charge in [0.1, 0.15) is 27.7 Å². The molecule has 0 aliphatic heterocycles. The number of hydrogen-bond acceptors (Lipinski definition) is 15. The Labute approximate surface area is 374 Å². The second kappa shape index (κ2) is 20.3. The third kappa shape index (κ3) is 10.9. The van der Waals surface area contributed by atoms with Crippen molar-refractivity contribution in [2.45, 2.75) is 13.8 Å². The molecule has 6 rings (SSSR count). The Morgan fingerprint density at radius 3 is 1.47 bits per heavy atom. The van der Waals surface area contributed by atoms with Crippen LogP contribution in [0.2, 0.25) is 15.3 Å². The van der Waals surface area contributed by atoms with Crippen LogP contribution in [0.4, 0.5) is 14.5 Å². The summed E-state index contributed by atoms with van der Waals surface area (Å²) in [6.07, 6.45) is 0. The summed E-state index contributed by atoms with van der Waals surface area (Å²) in [4.78, 5) is 80.6. The predicted octanol–water partition coefficient (Wildman–Crippen LogP) is 4.99. The highest BCUT2D eigenvalue weighted by molar-refractivity contribution is 6.32. The number of methoxy groups -OCH3 is 2. The number of halogens is 5. The number of nitrogens with two attached hydrogens (primary N) is 1. The van der Waals surface area contributed by atoms with Gasteiger partial charge in [-0.05, 0) is 44.2 Å². The number of benzene rings is 2. The monoisotopic (exact) mass is 947 g/mol. The summed E-state index contributed by atoms with van der Waals surface area (Å²) in [7, 11) is 5.27. The maximum atomic E-state index is 14.7. The SMILES string of the molecule is COC(=O)COc1nc(Cl)ccc1Oc1cc(-n2c(=O)cc(C)n(C)c2=O)c(F)cc1Cl.COC(=O)COc1nc(Cl)ccc1Oc1cc(-n2c(=O)cc(C)n(C)c2=O)c(F)cc1N. The smallest absolute Gasteiger partial charge is 0.343 e. The van der Waals surface area contributed by atoms with Crippen LogP contribution in [0.3, 0.4) is 0 Å². The van der Waals surface area contributed by atoms with Crippen molar-refractivity contribution in [3.05, 3.63) is 141 Å². The summed E-state index contributed by atoms with van der Waals surface area (Å²) in [5, 5.41) is -0.0467. The first-order chi connectivity index (χ1) is 30.2. The minimum atomic E-state index is -0.915. The maximum absolute atomic E-state index is 14.7. The molecule has 19 nitrogen and oxygen atoms in total. The van der Waals surface area contributed by atoms with Crippen molar-refractivity contribution in [3.8, 4) is 46.1 Å². The van der Waals surface area contributed by atoms with Gasteiger partial charge in [-0.2, -0.15) is 9.97 Å². The minimum Gasteiger partial charge on any atom is -0.466 e. The van der Waals surface area contributed by atoms with Crippen LogP contribution in [0.25, 0.3) is 11.4 Å². The first-order valence-corrected chi connectivity index (χ1v) is 19.1. The summed E-state index contributed by atoms with van der Waals surface area (Å²) in [6, 6.07) is 11.9. The van der Waals surface area contributed by atoms with E-state index in [2.05, 4.69) is 19.4 Å². The number of anilines is 1. The van der Waals surface area contributed by atoms with Gasteiger partial charge in [0.15, 0.2) is 30.5 Å². The van der Waals surface area contributed by atoms with Crippen LogP contribution < -0.4 is 47.2 Å². The van der Waals surface area contributed by atoms with Crippen molar-refractivity contribution in [3.63, 3.8) is 0 Å². The third-order valence-electron chi connectivity index (χ3n) is 8.81. The Morgan fingerprint density at radius 1 is 0.625 bits per heavy atom. The zero-order valence-corrected chi connectivity index (χ0v) is 36.5. The van der Waals surface area contributed by atoms with Gasteiger partial charge in [-0.25, -0.2) is 37.1 Å². The number of nitrogen functional groups attached to an aromatic ring is 1. The topological polar surface area (TPSA) is 229 Å². The molecular formula is C40H34Cl3F2N7O12. The predicted molar refractivity (Wildman–Crippen MR) is 227 cm³/mol. The Kier molecular flexibility index (Phi) is 15.2. The van der Waals surface area contributed by atoms with E-state index in [0.29, 0.717) is 20.5 Å². The van der Waals surface area contributed by atoms with Gasteiger partial charge in [-0.15, -0.1) is 0 Å². The van der Waals surface area contributed by atoms with Crippen molar-refractivity contribution in [1.29, 1.82) is 0 Å². The lowest BCUT2D eigenvalue weighted by Gasteiger charge is -2.15. The fraction of sp³-hybridized carbons (Fsp3) is 0.200. The number of hydrogen-bond donors (Lipinski definition) is 1. The van der Waals surface area contributed by atoms with Crippen LogP contribution in [0, 0.1) is 25.5 Å². The zero-order chi connectivity index (χ0) is 47.2. The largest absolute Gasteiger partial charge is 0.466 e. The van der Waals surface area contributed by atoms with Crippen LogP contribution >= 0.6 is 34.8 Å². The Balaban J connectivity index is 0.000000241. The molecule has 336 valence electrons. The number of carbonyl (C=O) groups is 2. The van der Waals surface area contributed by atoms with E-state index in [4.69, 9.17) is 59.5 Å². The fourth-order valence-electron chi connectivity index (χ4n) is 5.28. The summed E-state index contributed by atoms with van der Waals surface area (Å²) in [6.45, 7) is 2.20. The number of esters is 2. The summed E-state index contributed by atoms with van der Waals surface area (Å²) in [5.41, 5.74) is 2.87. The zero-order valence-electron chi connectivity index (χ0n) is 34.2. The quantitative estimate of drug-likeness (QED) is 0.0968. The summed E-state index contributed by atoms with van der Waals surface area (Å²) >= 11 is 17.9. The first kappa shape index (κ1) is 47.8. The van der Waals surface area contributed by atoms with E-state index >= 15 is 0 Å². The normalized spacial score (nSPS) is 10.7. The van der Waals surface area contributed by atoms with E-state index in [1.54, 1.807) is 13.8 Å². The van der Waals surface area contributed by atoms with Gasteiger partial charge in [0.05, 0.1) is 36.3 Å². The number of aryl methyl sites for hydroxylation is 2. The molecule has 0 aliphatic carbocycles. The minimum absolute atomic E-state index is 0.00767. The van der Waals surface area contributed by atoms with Crippen LogP contribution in [0.1, 0.15) is 11.4 Å². The van der Waals surface area contributed by atoms with Crippen molar-refractivity contribution < 1.29 is 46.8 Å². The molecule has 0 saturated heterocycles. The molecule has 6 aromatic rings. The molecule has 4 heterocycles. The molecule has 0 amide bonds. The van der Waals surface area contributed by atoms with Crippen LogP contribution in [0.5, 0.6) is 34.8 Å². The summed E-state index contributed by atoms with van der Waals surface area (Å²) < 4.78 is 64.0. The van der Waals surface area contributed by atoms with Crippen LogP contribution in [-0.4, -0.2) is 67.6 Å². The van der Waals surface area contributed by atoms with Gasteiger partial charge in [0.25, 0.3) is 22.9 Å². The van der Waals surface area contributed by atoms with Crippen molar-refractivity contribution in [2.24, 2.45) is 14.1 Å². The molecule has 4 aromatic heterocycles. The molecule has 0 unspecified atom stereocenters. The molecule has 64 heavy (non-hydrogen) atoms. The second-order valence-corrected chi connectivity index (χ2v) is 14.2. The van der Waals surface area contributed by atoms with Gasteiger partial charge >= 0.3 is 23.3 Å². The van der Waals surface area contributed by atoms with E-state index < -0.39 is 59.3 Å². The average Bonchev–Trinajstić information content (AvgIpc) is 3.24. The molecule has 0 fully saturated rings. The van der Waals surface area contributed by atoms with E-state index in [0.717, 1.165) is 24.3 Å². The number of ether oxygens (including phenoxy) is 6. The fourth-order valence-corrected chi connectivity index (χ4v) is 5.75. The lowest BCUT2D eigenvalue weighted by Crippen LogP contribution is -2.38. The van der Waals surface area contributed by atoms with Gasteiger partial charge in [-0.1, -0.05) is 34.8 Å². The molecule has 24 heteroatoms. The van der Waals surface area contributed by atoms with Gasteiger partial charge in [-0.3, -0.25) is 9.59 Å². The highest BCUT2D eigenvalue weighted by atomic mass is 35.5. The number of pyridine rings is 2. The van der Waals surface area contributed by atoms with Gasteiger partial charge in [0.2, 0.25) is 0 Å². The molecule has 2 aromatic carbocycles. The molecule has 2 N–H and O–H groups in total. The van der Waals surface area contributed by atoms with Crippen molar-refractivity contribution in [2.75, 3.05) is 33.2 Å². The van der Waals surface area contributed by atoms with Crippen LogP contribution in [0.15, 0.2) is 79.8 Å². The van der Waals surface area contributed by atoms with Crippen LogP contribution in [-0.2, 0) is 33.2 Å². The number of carbonyl (C=O) groups excluding carboxylic acids is 2. The summed E-state index contributed by atoms with van der Waals surface area (Å²) in [5.74, 6) is -3.70. The van der Waals surface area contributed by atoms with Crippen molar-refractivity contribution in [1.82, 2.24) is 28.2 Å². The van der Waals surface area contributed by atoms with E-state index in [9.17, 15) is 37.5 Å². The molecule has 0 atom stereocenters. The Hall–Kier alpha value is -7.23. The molecular weight excluding hydrogens is 915 g/mol. The second-order valence-electron chi connectivity index (χ2n) is 13.0. The van der Waals surface area contributed by atoms with E-state index in [1.165, 1.54) is 73.8 Å². The highest BCUT2D eigenvalue weighted by Gasteiger charge is 2.21. The van der Waals surface area contributed by atoms with E-state index in [-0.39, 0.29) is 67.1 Å². The molecule has 0 saturated carbocycles. The standard InChI is InChI=1S/C20H16Cl2FN3O6.C20H18ClFN4O6/c1-10-6-17(27)26(20(29)25(10)2)13-8-15(11(21)7-12(13)23)32-14-4-5-16(22)24-19(14)31-9-18(28)30-3;1-10-6-17(27)26(20(29)25(10)2)13-8-15(12(23)7-11(13)22)32-14-4-5-16(21)24-19(14)31-9-18(28)30-3/h4-8H,9H2,1-3H3;4-8H,9,23H2,1-3H3.